The van der Waals surface area contributed by atoms with Gasteiger partial charge in [0, 0.05) is 0 Å². The third-order valence-electron chi connectivity index (χ3n) is 3.05. The highest BCUT2D eigenvalue weighted by molar-refractivity contribution is 5.81. The third kappa shape index (κ3) is 2.08. The molecule has 0 aromatic heterocycles. The first kappa shape index (κ1) is 11.4. The molecule has 2 amide bonds. The van der Waals surface area contributed by atoms with E-state index in [0.717, 1.165) is 5.56 Å². The minimum atomic E-state index is -0.867. The molecule has 1 saturated heterocycles. The molecular weight excluding hydrogens is 220 g/mol. The highest BCUT2D eigenvalue weighted by Crippen LogP contribution is 2.33. The van der Waals surface area contributed by atoms with Crippen molar-refractivity contribution in [3.63, 3.8) is 0 Å². The van der Waals surface area contributed by atoms with E-state index in [1.165, 1.54) is 0 Å². The Morgan fingerprint density at radius 2 is 2.12 bits per heavy atom. The van der Waals surface area contributed by atoms with E-state index in [1.807, 2.05) is 37.3 Å². The number of carbonyl (C=O) groups is 2. The maximum Gasteiger partial charge on any atom is 0.404 e. The van der Waals surface area contributed by atoms with Crippen molar-refractivity contribution < 1.29 is 14.3 Å². The summed E-state index contributed by atoms with van der Waals surface area (Å²) in [6.45, 7) is 1.82. The van der Waals surface area contributed by atoms with Gasteiger partial charge in [0.1, 0.15) is 6.10 Å². The number of nitrogens with two attached hydrogens (primary N) is 1. The lowest BCUT2D eigenvalue weighted by molar-refractivity contribution is -0.119. The Morgan fingerprint density at radius 1 is 1.47 bits per heavy atom. The van der Waals surface area contributed by atoms with Crippen LogP contribution in [-0.2, 0) is 15.1 Å². The van der Waals surface area contributed by atoms with Gasteiger partial charge in [0.2, 0.25) is 5.91 Å². The van der Waals surface area contributed by atoms with E-state index in [1.54, 1.807) is 0 Å². The van der Waals surface area contributed by atoms with Gasteiger partial charge >= 0.3 is 6.09 Å². The standard InChI is InChI=1S/C12H14N2O3/c1-12(8-5-3-2-4-6-8)9(17-11(13)16)7-10(15)14-12/h2-6,9H,7H2,1H3,(H2,13,16)(H,14,15). The molecule has 0 aliphatic carbocycles. The maximum atomic E-state index is 11.5. The van der Waals surface area contributed by atoms with Crippen molar-refractivity contribution in [1.29, 1.82) is 0 Å². The summed E-state index contributed by atoms with van der Waals surface area (Å²) in [5.41, 5.74) is 5.19. The molecule has 2 unspecified atom stereocenters. The number of rotatable bonds is 2. The van der Waals surface area contributed by atoms with Gasteiger partial charge < -0.3 is 15.8 Å². The Bertz CT molecular complexity index is 446. The Hall–Kier alpha value is -2.04. The minimum absolute atomic E-state index is 0.133. The van der Waals surface area contributed by atoms with Crippen LogP contribution in [0.3, 0.4) is 0 Å². The Kier molecular flexibility index (Phi) is 2.75. The molecule has 17 heavy (non-hydrogen) atoms. The van der Waals surface area contributed by atoms with Crippen molar-refractivity contribution in [2.75, 3.05) is 0 Å². The van der Waals surface area contributed by atoms with Gasteiger partial charge in [-0.25, -0.2) is 4.79 Å². The van der Waals surface area contributed by atoms with Crippen LogP contribution in [-0.4, -0.2) is 18.1 Å². The molecule has 1 aliphatic heterocycles. The molecule has 1 aliphatic rings. The average molecular weight is 234 g/mol. The first-order valence-electron chi connectivity index (χ1n) is 5.35. The number of nitrogens with one attached hydrogen (secondary N) is 1. The summed E-state index contributed by atoms with van der Waals surface area (Å²) in [4.78, 5) is 22.3. The molecule has 5 heteroatoms. The lowest BCUT2D eigenvalue weighted by Crippen LogP contribution is -2.45. The van der Waals surface area contributed by atoms with E-state index in [4.69, 9.17) is 10.5 Å². The number of ether oxygens (including phenoxy) is 1. The van der Waals surface area contributed by atoms with Gasteiger partial charge in [-0.05, 0) is 12.5 Å². The van der Waals surface area contributed by atoms with Gasteiger partial charge in [-0.3, -0.25) is 4.79 Å². The minimum Gasteiger partial charge on any atom is -0.443 e. The Morgan fingerprint density at radius 3 is 2.71 bits per heavy atom. The molecule has 0 spiro atoms. The summed E-state index contributed by atoms with van der Waals surface area (Å²) < 4.78 is 5.01. The zero-order valence-corrected chi connectivity index (χ0v) is 9.47. The normalized spacial score (nSPS) is 27.6. The second kappa shape index (κ2) is 4.08. The molecule has 2 atom stereocenters. The smallest absolute Gasteiger partial charge is 0.404 e. The molecule has 0 saturated carbocycles. The Labute approximate surface area is 98.9 Å². The first-order valence-corrected chi connectivity index (χ1v) is 5.35. The van der Waals surface area contributed by atoms with Crippen molar-refractivity contribution in [1.82, 2.24) is 5.32 Å². The van der Waals surface area contributed by atoms with Crippen molar-refractivity contribution in [2.24, 2.45) is 5.73 Å². The van der Waals surface area contributed by atoms with Crippen LogP contribution in [0.25, 0.3) is 0 Å². The van der Waals surface area contributed by atoms with E-state index >= 15 is 0 Å². The predicted octanol–water partition coefficient (Wildman–Crippen LogP) is 0.886. The fourth-order valence-corrected chi connectivity index (χ4v) is 2.14. The van der Waals surface area contributed by atoms with E-state index in [9.17, 15) is 9.59 Å². The summed E-state index contributed by atoms with van der Waals surface area (Å²) in [6, 6.07) is 9.37. The van der Waals surface area contributed by atoms with Crippen molar-refractivity contribution in [2.45, 2.75) is 25.0 Å². The van der Waals surface area contributed by atoms with Crippen LogP contribution in [0.15, 0.2) is 30.3 Å². The zero-order chi connectivity index (χ0) is 12.5. The number of benzene rings is 1. The van der Waals surface area contributed by atoms with E-state index in [-0.39, 0.29) is 12.3 Å². The highest BCUT2D eigenvalue weighted by atomic mass is 16.6. The molecule has 1 fully saturated rings. The fraction of sp³-hybridized carbons (Fsp3) is 0.333. The summed E-state index contributed by atoms with van der Waals surface area (Å²) in [5.74, 6) is -0.150. The summed E-state index contributed by atoms with van der Waals surface area (Å²) in [6.07, 6.45) is -1.31. The van der Waals surface area contributed by atoms with Crippen LogP contribution in [0.4, 0.5) is 4.79 Å². The fourth-order valence-electron chi connectivity index (χ4n) is 2.14. The molecule has 3 N–H and O–H groups in total. The van der Waals surface area contributed by atoms with Crippen molar-refractivity contribution in [3.8, 4) is 0 Å². The molecule has 1 aromatic carbocycles. The summed E-state index contributed by atoms with van der Waals surface area (Å²) in [7, 11) is 0. The zero-order valence-electron chi connectivity index (χ0n) is 9.47. The number of hydrogen-bond donors (Lipinski definition) is 2. The van der Waals surface area contributed by atoms with Crippen LogP contribution in [0.5, 0.6) is 0 Å². The SMILES string of the molecule is CC1(c2ccccc2)NC(=O)CC1OC(N)=O. The highest BCUT2D eigenvalue weighted by Gasteiger charge is 2.46. The van der Waals surface area contributed by atoms with Gasteiger partial charge in [-0.1, -0.05) is 30.3 Å². The predicted molar refractivity (Wildman–Crippen MR) is 61.0 cm³/mol. The molecule has 1 heterocycles. The van der Waals surface area contributed by atoms with Crippen molar-refractivity contribution in [3.05, 3.63) is 35.9 Å². The quantitative estimate of drug-likeness (QED) is 0.797. The van der Waals surface area contributed by atoms with Gasteiger partial charge in [0.25, 0.3) is 0 Å². The van der Waals surface area contributed by atoms with Gasteiger partial charge in [-0.2, -0.15) is 0 Å². The van der Waals surface area contributed by atoms with E-state index in [2.05, 4.69) is 5.32 Å². The second-order valence-corrected chi connectivity index (χ2v) is 4.25. The van der Waals surface area contributed by atoms with Gasteiger partial charge in [0.05, 0.1) is 12.0 Å². The van der Waals surface area contributed by atoms with Crippen LogP contribution < -0.4 is 11.1 Å². The molecule has 0 radical (unpaired) electrons. The van der Waals surface area contributed by atoms with Crippen LogP contribution >= 0.6 is 0 Å². The lowest BCUT2D eigenvalue weighted by atomic mass is 9.88. The number of primary amides is 1. The topological polar surface area (TPSA) is 81.4 Å². The van der Waals surface area contributed by atoms with Crippen molar-refractivity contribution >= 4 is 12.0 Å². The van der Waals surface area contributed by atoms with Crippen LogP contribution in [0.1, 0.15) is 18.9 Å². The molecular formula is C12H14N2O3. The van der Waals surface area contributed by atoms with Gasteiger partial charge in [0.15, 0.2) is 0 Å². The van der Waals surface area contributed by atoms with Gasteiger partial charge in [-0.15, -0.1) is 0 Å². The summed E-state index contributed by atoms with van der Waals surface area (Å²) in [5, 5.41) is 2.83. The summed E-state index contributed by atoms with van der Waals surface area (Å²) >= 11 is 0. The molecule has 5 nitrogen and oxygen atoms in total. The van der Waals surface area contributed by atoms with E-state index < -0.39 is 17.7 Å². The Balaban J connectivity index is 2.33. The monoisotopic (exact) mass is 234 g/mol. The average Bonchev–Trinajstić information content (AvgIpc) is 2.55. The third-order valence-corrected chi connectivity index (χ3v) is 3.05. The van der Waals surface area contributed by atoms with Crippen LogP contribution in [0.2, 0.25) is 0 Å². The van der Waals surface area contributed by atoms with Crippen LogP contribution in [0, 0.1) is 0 Å². The second-order valence-electron chi connectivity index (χ2n) is 4.25. The molecule has 1 aromatic rings. The molecule has 90 valence electrons. The first-order chi connectivity index (χ1) is 8.02. The largest absolute Gasteiger partial charge is 0.443 e. The molecule has 0 bridgehead atoms. The van der Waals surface area contributed by atoms with E-state index in [0.29, 0.717) is 0 Å². The number of amides is 2. The lowest BCUT2D eigenvalue weighted by Gasteiger charge is -2.30. The number of carbonyl (C=O) groups excluding carboxylic acids is 2. The maximum absolute atomic E-state index is 11.5. The number of hydrogen-bond acceptors (Lipinski definition) is 3. The molecule has 2 rings (SSSR count).